The molecule has 0 radical (unpaired) electrons. The molecule has 0 amide bonds. The maximum Gasteiger partial charge on any atom is 0.198 e. The summed E-state index contributed by atoms with van der Waals surface area (Å²) in [5.41, 5.74) is 0.878. The van der Waals surface area contributed by atoms with Crippen molar-refractivity contribution in [3.8, 4) is 11.6 Å². The minimum atomic E-state index is 0.486. The molecular formula is C13H11N3OS. The monoisotopic (exact) mass is 257 g/mol. The van der Waals surface area contributed by atoms with Crippen LogP contribution in [0.25, 0.3) is 22.6 Å². The summed E-state index contributed by atoms with van der Waals surface area (Å²) >= 11 is 5.27. The van der Waals surface area contributed by atoms with Crippen LogP contribution in [0, 0.1) is 4.77 Å². The molecule has 1 N–H and O–H groups in total. The van der Waals surface area contributed by atoms with Gasteiger partial charge < -0.3 is 4.42 Å². The second-order valence-electron chi connectivity index (χ2n) is 4.60. The van der Waals surface area contributed by atoms with Gasteiger partial charge in [-0.1, -0.05) is 18.2 Å². The average molecular weight is 257 g/mol. The number of furan rings is 1. The standard InChI is InChI=1S/C13H11N3OS/c18-13-15-14-12(16(13)9-5-6-9)11-7-8-3-1-2-4-10(8)17-11/h1-4,7,9H,5-6H2,(H,15,18). The molecule has 2 heterocycles. The molecule has 1 fully saturated rings. The van der Waals surface area contributed by atoms with Crippen molar-refractivity contribution in [1.29, 1.82) is 0 Å². The number of nitrogens with zero attached hydrogens (tertiary/aromatic N) is 2. The topological polar surface area (TPSA) is 46.8 Å². The number of rotatable bonds is 2. The Labute approximate surface area is 108 Å². The van der Waals surface area contributed by atoms with Gasteiger partial charge in [0.1, 0.15) is 5.58 Å². The lowest BCUT2D eigenvalue weighted by molar-refractivity contribution is 0.611. The van der Waals surface area contributed by atoms with Crippen LogP contribution < -0.4 is 0 Å². The lowest BCUT2D eigenvalue weighted by Crippen LogP contribution is -1.96. The van der Waals surface area contributed by atoms with Gasteiger partial charge in [-0.15, -0.1) is 0 Å². The Morgan fingerprint density at radius 3 is 2.94 bits per heavy atom. The SMILES string of the molecule is S=c1[nH]nc(-c2cc3ccccc3o2)n1C1CC1. The van der Waals surface area contributed by atoms with Crippen molar-refractivity contribution < 1.29 is 4.42 Å². The van der Waals surface area contributed by atoms with Gasteiger partial charge in [0.25, 0.3) is 0 Å². The Morgan fingerprint density at radius 1 is 1.33 bits per heavy atom. The predicted molar refractivity (Wildman–Crippen MR) is 70.9 cm³/mol. The number of nitrogens with one attached hydrogen (secondary N) is 1. The molecule has 2 aromatic heterocycles. The summed E-state index contributed by atoms with van der Waals surface area (Å²) in [5.74, 6) is 1.58. The maximum atomic E-state index is 5.84. The number of fused-ring (bicyclic) bond motifs is 1. The normalized spacial score (nSPS) is 15.3. The number of para-hydroxylation sites is 1. The van der Waals surface area contributed by atoms with Gasteiger partial charge in [-0.3, -0.25) is 9.67 Å². The van der Waals surface area contributed by atoms with E-state index < -0.39 is 0 Å². The molecule has 0 saturated heterocycles. The molecule has 1 aliphatic rings. The van der Waals surface area contributed by atoms with Crippen LogP contribution >= 0.6 is 12.2 Å². The van der Waals surface area contributed by atoms with Crippen LogP contribution in [0.3, 0.4) is 0 Å². The van der Waals surface area contributed by atoms with E-state index in [2.05, 4.69) is 14.8 Å². The first kappa shape index (κ1) is 10.1. The molecule has 1 aromatic carbocycles. The van der Waals surface area contributed by atoms with Crippen molar-refractivity contribution in [3.05, 3.63) is 35.1 Å². The van der Waals surface area contributed by atoms with Gasteiger partial charge >= 0.3 is 0 Å². The van der Waals surface area contributed by atoms with Crippen LogP contribution in [-0.2, 0) is 0 Å². The van der Waals surface area contributed by atoms with Crippen LogP contribution in [-0.4, -0.2) is 14.8 Å². The third-order valence-corrected chi connectivity index (χ3v) is 3.55. The van der Waals surface area contributed by atoms with Crippen molar-refractivity contribution in [3.63, 3.8) is 0 Å². The number of aromatic amines is 1. The third kappa shape index (κ3) is 1.44. The Bertz CT molecular complexity index is 746. The zero-order chi connectivity index (χ0) is 12.1. The van der Waals surface area contributed by atoms with Gasteiger partial charge in [0.15, 0.2) is 16.4 Å². The Balaban J connectivity index is 1.94. The zero-order valence-electron chi connectivity index (χ0n) is 9.59. The highest BCUT2D eigenvalue weighted by atomic mass is 32.1. The van der Waals surface area contributed by atoms with Crippen molar-refractivity contribution in [2.24, 2.45) is 0 Å². The lowest BCUT2D eigenvalue weighted by Gasteiger charge is -2.00. The molecule has 0 unspecified atom stereocenters. The number of aromatic nitrogens is 3. The second kappa shape index (κ2) is 3.55. The largest absolute Gasteiger partial charge is 0.453 e. The van der Waals surface area contributed by atoms with E-state index in [1.807, 2.05) is 30.3 Å². The highest BCUT2D eigenvalue weighted by Gasteiger charge is 2.28. The third-order valence-electron chi connectivity index (χ3n) is 3.26. The number of hydrogen-bond donors (Lipinski definition) is 1. The van der Waals surface area contributed by atoms with Crippen molar-refractivity contribution in [2.45, 2.75) is 18.9 Å². The molecule has 1 saturated carbocycles. The maximum absolute atomic E-state index is 5.84. The Kier molecular flexibility index (Phi) is 1.99. The second-order valence-corrected chi connectivity index (χ2v) is 4.99. The molecule has 0 spiro atoms. The van der Waals surface area contributed by atoms with E-state index >= 15 is 0 Å². The van der Waals surface area contributed by atoms with Gasteiger partial charge in [-0.05, 0) is 37.2 Å². The first-order valence-corrected chi connectivity index (χ1v) is 6.39. The highest BCUT2D eigenvalue weighted by molar-refractivity contribution is 7.71. The minimum absolute atomic E-state index is 0.486. The fraction of sp³-hybridized carbons (Fsp3) is 0.231. The molecule has 3 aromatic rings. The molecule has 0 aliphatic heterocycles. The fourth-order valence-corrected chi connectivity index (χ4v) is 2.52. The van der Waals surface area contributed by atoms with Crippen LogP contribution in [0.5, 0.6) is 0 Å². The van der Waals surface area contributed by atoms with Crippen LogP contribution in [0.15, 0.2) is 34.7 Å². The van der Waals surface area contributed by atoms with Crippen LogP contribution in [0.4, 0.5) is 0 Å². The number of hydrogen-bond acceptors (Lipinski definition) is 3. The summed E-state index contributed by atoms with van der Waals surface area (Å²) in [7, 11) is 0. The highest BCUT2D eigenvalue weighted by Crippen LogP contribution is 2.38. The molecular weight excluding hydrogens is 246 g/mol. The first-order valence-electron chi connectivity index (χ1n) is 5.99. The molecule has 0 bridgehead atoms. The average Bonchev–Trinajstić information content (AvgIpc) is 3.00. The van der Waals surface area contributed by atoms with Crippen LogP contribution in [0.1, 0.15) is 18.9 Å². The number of H-pyrrole nitrogens is 1. The molecule has 1 aliphatic carbocycles. The predicted octanol–water partition coefficient (Wildman–Crippen LogP) is 3.69. The van der Waals surface area contributed by atoms with Gasteiger partial charge in [-0.2, -0.15) is 5.10 Å². The smallest absolute Gasteiger partial charge is 0.198 e. The summed E-state index contributed by atoms with van der Waals surface area (Å²) < 4.78 is 8.57. The van der Waals surface area contributed by atoms with E-state index in [4.69, 9.17) is 16.6 Å². The summed E-state index contributed by atoms with van der Waals surface area (Å²) in [5, 5.41) is 8.24. The van der Waals surface area contributed by atoms with E-state index in [0.717, 1.165) is 22.6 Å². The molecule has 0 atom stereocenters. The Hall–Kier alpha value is -1.88. The first-order chi connectivity index (χ1) is 8.83. The van der Waals surface area contributed by atoms with E-state index in [-0.39, 0.29) is 0 Å². The summed E-state index contributed by atoms with van der Waals surface area (Å²) in [6, 6.07) is 10.5. The van der Waals surface area contributed by atoms with E-state index in [0.29, 0.717) is 10.8 Å². The van der Waals surface area contributed by atoms with Crippen LogP contribution in [0.2, 0.25) is 0 Å². The number of benzene rings is 1. The molecule has 5 heteroatoms. The summed E-state index contributed by atoms with van der Waals surface area (Å²) in [4.78, 5) is 0. The van der Waals surface area contributed by atoms with Gasteiger partial charge in [0.05, 0.1) is 0 Å². The summed E-state index contributed by atoms with van der Waals surface area (Å²) in [6.07, 6.45) is 2.34. The van der Waals surface area contributed by atoms with E-state index in [1.165, 1.54) is 12.8 Å². The van der Waals surface area contributed by atoms with Crippen molar-refractivity contribution in [2.75, 3.05) is 0 Å². The molecule has 4 nitrogen and oxygen atoms in total. The lowest BCUT2D eigenvalue weighted by atomic mass is 10.2. The minimum Gasteiger partial charge on any atom is -0.453 e. The molecule has 90 valence electrons. The van der Waals surface area contributed by atoms with Gasteiger partial charge in [0, 0.05) is 11.4 Å². The summed E-state index contributed by atoms with van der Waals surface area (Å²) in [6.45, 7) is 0. The van der Waals surface area contributed by atoms with Crippen molar-refractivity contribution in [1.82, 2.24) is 14.8 Å². The molecule has 18 heavy (non-hydrogen) atoms. The fourth-order valence-electron chi connectivity index (χ4n) is 2.24. The Morgan fingerprint density at radius 2 is 2.17 bits per heavy atom. The molecule has 4 rings (SSSR count). The van der Waals surface area contributed by atoms with Gasteiger partial charge in [-0.25, -0.2) is 0 Å². The van der Waals surface area contributed by atoms with E-state index in [9.17, 15) is 0 Å². The van der Waals surface area contributed by atoms with E-state index in [1.54, 1.807) is 0 Å². The van der Waals surface area contributed by atoms with Crippen molar-refractivity contribution >= 4 is 23.2 Å². The zero-order valence-corrected chi connectivity index (χ0v) is 10.4. The quantitative estimate of drug-likeness (QED) is 0.712. The van der Waals surface area contributed by atoms with Gasteiger partial charge in [0.2, 0.25) is 0 Å².